The smallest absolute Gasteiger partial charge is 0.494 e. The Balaban J connectivity index is 2.26. The summed E-state index contributed by atoms with van der Waals surface area (Å²) in [7, 11) is 0. The fraction of sp³-hybridized carbons (Fsp3) is 0.250. The fourth-order valence-electron chi connectivity index (χ4n) is 2.11. The van der Waals surface area contributed by atoms with Gasteiger partial charge in [-0.15, -0.1) is 13.2 Å². The highest BCUT2D eigenvalue weighted by molar-refractivity contribution is 9.10. The van der Waals surface area contributed by atoms with Crippen LogP contribution in [0.15, 0.2) is 46.9 Å². The van der Waals surface area contributed by atoms with E-state index in [1.165, 1.54) is 24.3 Å². The molecule has 0 radical (unpaired) electrons. The lowest BCUT2D eigenvalue weighted by Gasteiger charge is -2.18. The molecule has 2 rings (SSSR count). The fourth-order valence-corrected chi connectivity index (χ4v) is 2.48. The summed E-state index contributed by atoms with van der Waals surface area (Å²) >= 11 is 3.38. The normalized spacial score (nSPS) is 12.8. The van der Waals surface area contributed by atoms with E-state index < -0.39 is 12.4 Å². The Morgan fingerprint density at radius 1 is 1.13 bits per heavy atom. The van der Waals surface area contributed by atoms with E-state index in [4.69, 9.17) is 10.5 Å². The molecule has 0 amide bonds. The minimum Gasteiger partial charge on any atom is -0.494 e. The van der Waals surface area contributed by atoms with E-state index in [1.54, 1.807) is 6.07 Å². The van der Waals surface area contributed by atoms with Crippen molar-refractivity contribution >= 4 is 15.9 Å². The summed E-state index contributed by atoms with van der Waals surface area (Å²) in [5.41, 5.74) is 7.62. The molecule has 0 bridgehead atoms. The Kier molecular flexibility index (Phi) is 5.54. The van der Waals surface area contributed by atoms with Crippen molar-refractivity contribution in [1.82, 2.24) is 0 Å². The van der Waals surface area contributed by atoms with E-state index in [2.05, 4.69) is 20.7 Å². The molecule has 0 unspecified atom stereocenters. The van der Waals surface area contributed by atoms with E-state index in [0.717, 1.165) is 10.0 Å². The molecule has 2 aromatic rings. The van der Waals surface area contributed by atoms with E-state index >= 15 is 0 Å². The Morgan fingerprint density at radius 3 is 2.35 bits per heavy atom. The molecular formula is C16H15BrF3NO2. The van der Waals surface area contributed by atoms with Gasteiger partial charge in [0.15, 0.2) is 0 Å². The summed E-state index contributed by atoms with van der Waals surface area (Å²) in [6.07, 6.45) is -4.71. The molecule has 0 aliphatic rings. The topological polar surface area (TPSA) is 44.5 Å². The van der Waals surface area contributed by atoms with Crippen LogP contribution in [0, 0.1) is 0 Å². The van der Waals surface area contributed by atoms with Crippen molar-refractivity contribution < 1.29 is 22.6 Å². The van der Waals surface area contributed by atoms with Crippen LogP contribution in [0.4, 0.5) is 13.2 Å². The van der Waals surface area contributed by atoms with Crippen molar-refractivity contribution in [3.05, 3.63) is 58.1 Å². The summed E-state index contributed by atoms with van der Waals surface area (Å²) < 4.78 is 46.8. The lowest BCUT2D eigenvalue weighted by atomic mass is 9.98. The third-order valence-corrected chi connectivity index (χ3v) is 3.57. The van der Waals surface area contributed by atoms with Gasteiger partial charge in [-0.25, -0.2) is 0 Å². The number of alkyl halides is 3. The molecule has 1 atom stereocenters. The number of halogens is 4. The molecule has 3 nitrogen and oxygen atoms in total. The molecule has 2 N–H and O–H groups in total. The van der Waals surface area contributed by atoms with Gasteiger partial charge in [0.05, 0.1) is 12.6 Å². The molecule has 23 heavy (non-hydrogen) atoms. The third-order valence-electron chi connectivity index (χ3n) is 3.08. The van der Waals surface area contributed by atoms with Gasteiger partial charge in [-0.3, -0.25) is 0 Å². The number of rotatable bonds is 5. The van der Waals surface area contributed by atoms with Crippen LogP contribution >= 0.6 is 15.9 Å². The molecule has 0 heterocycles. The summed E-state index contributed by atoms with van der Waals surface area (Å²) in [4.78, 5) is 0. The van der Waals surface area contributed by atoms with Crippen molar-refractivity contribution in [3.8, 4) is 11.5 Å². The molecule has 7 heteroatoms. The number of hydrogen-bond acceptors (Lipinski definition) is 3. The van der Waals surface area contributed by atoms with Crippen molar-refractivity contribution in [1.29, 1.82) is 0 Å². The Hall–Kier alpha value is -1.73. The average molecular weight is 390 g/mol. The minimum absolute atomic E-state index is 0.285. The summed E-state index contributed by atoms with van der Waals surface area (Å²) in [6, 6.07) is 10.4. The molecule has 0 spiro atoms. The van der Waals surface area contributed by atoms with Crippen molar-refractivity contribution in [2.24, 2.45) is 5.73 Å². The molecule has 0 aliphatic heterocycles. The first-order valence-electron chi connectivity index (χ1n) is 6.83. The van der Waals surface area contributed by atoms with Crippen LogP contribution in [-0.2, 0) is 0 Å². The number of ether oxygens (including phenoxy) is 2. The number of hydrogen-bond donors (Lipinski definition) is 1. The predicted octanol–water partition coefficient (Wildman–Crippen LogP) is 4.79. The zero-order valence-corrected chi connectivity index (χ0v) is 13.8. The van der Waals surface area contributed by atoms with Gasteiger partial charge in [0.25, 0.3) is 0 Å². The zero-order valence-electron chi connectivity index (χ0n) is 12.2. The van der Waals surface area contributed by atoms with Crippen molar-refractivity contribution in [2.75, 3.05) is 6.61 Å². The van der Waals surface area contributed by atoms with Crippen LogP contribution < -0.4 is 15.2 Å². The number of nitrogens with two attached hydrogens (primary N) is 1. The second-order valence-corrected chi connectivity index (χ2v) is 5.63. The predicted molar refractivity (Wildman–Crippen MR) is 84.5 cm³/mol. The maximum absolute atomic E-state index is 12.2. The van der Waals surface area contributed by atoms with Crippen LogP contribution in [0.25, 0.3) is 0 Å². The van der Waals surface area contributed by atoms with Gasteiger partial charge in [0.2, 0.25) is 0 Å². The molecule has 0 aromatic heterocycles. The number of benzene rings is 2. The second kappa shape index (κ2) is 7.23. The van der Waals surface area contributed by atoms with Crippen LogP contribution in [-0.4, -0.2) is 13.0 Å². The molecule has 124 valence electrons. The summed E-state index contributed by atoms with van der Waals surface area (Å²) in [5, 5.41) is 0. The first-order chi connectivity index (χ1) is 10.8. The zero-order chi connectivity index (χ0) is 17.0. The average Bonchev–Trinajstić information content (AvgIpc) is 2.48. The minimum atomic E-state index is -4.71. The Morgan fingerprint density at radius 2 is 1.78 bits per heavy atom. The standard InChI is InChI=1S/C16H15BrF3NO2/c1-2-22-14-8-5-11(17)9-13(14)15(21)10-3-6-12(7-4-10)23-16(18,19)20/h3-9,15H,2,21H2,1H3/t15-/m1/s1. The van der Waals surface area contributed by atoms with Gasteiger partial charge in [0, 0.05) is 10.0 Å². The lowest BCUT2D eigenvalue weighted by molar-refractivity contribution is -0.274. The molecule has 2 aromatic carbocycles. The third kappa shape index (κ3) is 4.87. The van der Waals surface area contributed by atoms with Gasteiger partial charge < -0.3 is 15.2 Å². The van der Waals surface area contributed by atoms with Gasteiger partial charge in [-0.05, 0) is 42.8 Å². The van der Waals surface area contributed by atoms with E-state index in [1.807, 2.05) is 19.1 Å². The molecular weight excluding hydrogens is 375 g/mol. The van der Waals surface area contributed by atoms with Gasteiger partial charge in [-0.2, -0.15) is 0 Å². The van der Waals surface area contributed by atoms with E-state index in [9.17, 15) is 13.2 Å². The molecule has 0 fully saturated rings. The first-order valence-corrected chi connectivity index (χ1v) is 7.63. The van der Waals surface area contributed by atoms with Crippen molar-refractivity contribution in [3.63, 3.8) is 0 Å². The molecule has 0 saturated carbocycles. The summed E-state index contributed by atoms with van der Waals surface area (Å²) in [5.74, 6) is 0.353. The molecule has 0 saturated heterocycles. The van der Waals surface area contributed by atoms with Crippen molar-refractivity contribution in [2.45, 2.75) is 19.3 Å². The highest BCUT2D eigenvalue weighted by atomic mass is 79.9. The highest BCUT2D eigenvalue weighted by Crippen LogP contribution is 2.32. The Labute approximate surface area is 140 Å². The largest absolute Gasteiger partial charge is 0.573 e. The van der Waals surface area contributed by atoms with Crippen LogP contribution in [0.1, 0.15) is 24.1 Å². The maximum Gasteiger partial charge on any atom is 0.573 e. The van der Waals surface area contributed by atoms with E-state index in [-0.39, 0.29) is 5.75 Å². The SMILES string of the molecule is CCOc1ccc(Br)cc1[C@H](N)c1ccc(OC(F)(F)F)cc1. The van der Waals surface area contributed by atoms with Crippen LogP contribution in [0.5, 0.6) is 11.5 Å². The highest BCUT2D eigenvalue weighted by Gasteiger charge is 2.31. The monoisotopic (exact) mass is 389 g/mol. The first kappa shape index (κ1) is 17.6. The lowest BCUT2D eigenvalue weighted by Crippen LogP contribution is -2.17. The molecule has 0 aliphatic carbocycles. The summed E-state index contributed by atoms with van der Waals surface area (Å²) in [6.45, 7) is 2.35. The van der Waals surface area contributed by atoms with E-state index in [0.29, 0.717) is 17.9 Å². The quantitative estimate of drug-likeness (QED) is 0.798. The van der Waals surface area contributed by atoms with Gasteiger partial charge in [-0.1, -0.05) is 28.1 Å². The maximum atomic E-state index is 12.2. The van der Waals surface area contributed by atoms with Gasteiger partial charge >= 0.3 is 6.36 Å². The van der Waals surface area contributed by atoms with Crippen LogP contribution in [0.2, 0.25) is 0 Å². The Bertz CT molecular complexity index is 659. The van der Waals surface area contributed by atoms with Gasteiger partial charge in [0.1, 0.15) is 11.5 Å². The second-order valence-electron chi connectivity index (χ2n) is 4.71. The van der Waals surface area contributed by atoms with Crippen LogP contribution in [0.3, 0.4) is 0 Å².